The summed E-state index contributed by atoms with van der Waals surface area (Å²) in [6, 6.07) is 9.86. The highest BCUT2D eigenvalue weighted by atomic mass is 16.3. The van der Waals surface area contributed by atoms with Crippen LogP contribution in [0, 0.1) is 0 Å². The number of unbranched alkanes of at least 4 members (excludes halogenated alkanes) is 1. The largest absolute Gasteiger partial charge is 0.388 e. The minimum absolute atomic E-state index is 0.368. The molecule has 1 aromatic carbocycles. The summed E-state index contributed by atoms with van der Waals surface area (Å²) in [6.07, 6.45) is 4.40. The van der Waals surface area contributed by atoms with Crippen LogP contribution in [0.2, 0.25) is 0 Å². The van der Waals surface area contributed by atoms with E-state index in [9.17, 15) is 5.11 Å². The van der Waals surface area contributed by atoms with Crippen molar-refractivity contribution in [3.05, 3.63) is 42.1 Å². The van der Waals surface area contributed by atoms with Gasteiger partial charge in [0, 0.05) is 11.6 Å². The molecule has 0 aliphatic heterocycles. The fraction of sp³-hybridized carbons (Fsp3) is 0.357. The highest BCUT2D eigenvalue weighted by Gasteiger charge is 2.10. The number of aliphatic hydroxyl groups excluding tert-OH is 1. The third-order valence-corrected chi connectivity index (χ3v) is 2.87. The number of aromatic nitrogens is 1. The van der Waals surface area contributed by atoms with Gasteiger partial charge in [0.15, 0.2) is 0 Å². The molecule has 1 N–H and O–H groups in total. The topological polar surface area (TPSA) is 33.1 Å². The maximum Gasteiger partial charge on any atom is 0.0796 e. The fourth-order valence-electron chi connectivity index (χ4n) is 1.97. The molecule has 1 aromatic heterocycles. The molecule has 84 valence electrons. The van der Waals surface area contributed by atoms with E-state index in [1.54, 1.807) is 6.20 Å². The van der Waals surface area contributed by atoms with Gasteiger partial charge in [-0.2, -0.15) is 0 Å². The van der Waals surface area contributed by atoms with E-state index in [2.05, 4.69) is 11.9 Å². The van der Waals surface area contributed by atoms with Crippen molar-refractivity contribution in [2.24, 2.45) is 0 Å². The number of benzene rings is 1. The number of aliphatic hydroxyl groups is 1. The maximum absolute atomic E-state index is 10.1. The van der Waals surface area contributed by atoms with Crippen LogP contribution in [0.25, 0.3) is 10.9 Å². The molecule has 1 heterocycles. The summed E-state index contributed by atoms with van der Waals surface area (Å²) in [6.45, 7) is 2.14. The van der Waals surface area contributed by atoms with Gasteiger partial charge in [-0.05, 0) is 24.1 Å². The maximum atomic E-state index is 10.1. The summed E-state index contributed by atoms with van der Waals surface area (Å²) in [7, 11) is 0. The van der Waals surface area contributed by atoms with E-state index in [4.69, 9.17) is 0 Å². The molecule has 0 fully saturated rings. The zero-order chi connectivity index (χ0) is 11.4. The van der Waals surface area contributed by atoms with Crippen molar-refractivity contribution in [1.82, 2.24) is 4.98 Å². The standard InChI is InChI=1S/C14H17NO/c1-2-3-9-14(16)12-6-4-8-13-11(12)7-5-10-15-13/h4-8,10,14,16H,2-3,9H2,1H3. The average molecular weight is 215 g/mol. The van der Waals surface area contributed by atoms with E-state index in [0.29, 0.717) is 0 Å². The number of hydrogen-bond donors (Lipinski definition) is 1. The second kappa shape index (κ2) is 5.08. The second-order valence-electron chi connectivity index (χ2n) is 4.08. The summed E-state index contributed by atoms with van der Waals surface area (Å²) in [5.41, 5.74) is 1.95. The van der Waals surface area contributed by atoms with Crippen LogP contribution in [0.1, 0.15) is 37.9 Å². The van der Waals surface area contributed by atoms with Gasteiger partial charge in [0.25, 0.3) is 0 Å². The Kier molecular flexibility index (Phi) is 3.52. The molecule has 0 amide bonds. The van der Waals surface area contributed by atoms with Crippen molar-refractivity contribution >= 4 is 10.9 Å². The number of nitrogens with zero attached hydrogens (tertiary/aromatic N) is 1. The van der Waals surface area contributed by atoms with Gasteiger partial charge in [-0.3, -0.25) is 4.98 Å². The molecule has 0 aliphatic rings. The van der Waals surface area contributed by atoms with Crippen molar-refractivity contribution in [2.45, 2.75) is 32.3 Å². The lowest BCUT2D eigenvalue weighted by Crippen LogP contribution is -1.98. The Balaban J connectivity index is 2.36. The first-order valence-electron chi connectivity index (χ1n) is 5.84. The first kappa shape index (κ1) is 11.1. The van der Waals surface area contributed by atoms with Crippen LogP contribution >= 0.6 is 0 Å². The van der Waals surface area contributed by atoms with Crippen LogP contribution in [0.15, 0.2) is 36.5 Å². The predicted molar refractivity (Wildman–Crippen MR) is 66.2 cm³/mol. The van der Waals surface area contributed by atoms with Gasteiger partial charge < -0.3 is 5.11 Å². The Morgan fingerprint density at radius 2 is 2.12 bits per heavy atom. The molecule has 0 radical (unpaired) electrons. The van der Waals surface area contributed by atoms with Gasteiger partial charge in [-0.15, -0.1) is 0 Å². The summed E-state index contributed by atoms with van der Waals surface area (Å²) >= 11 is 0. The van der Waals surface area contributed by atoms with Gasteiger partial charge in [0.1, 0.15) is 0 Å². The van der Waals surface area contributed by atoms with Gasteiger partial charge in [0.2, 0.25) is 0 Å². The SMILES string of the molecule is CCCCC(O)c1cccc2ncccc12. The van der Waals surface area contributed by atoms with Gasteiger partial charge in [-0.1, -0.05) is 38.0 Å². The lowest BCUT2D eigenvalue weighted by Gasteiger charge is -2.12. The zero-order valence-electron chi connectivity index (χ0n) is 9.56. The van der Waals surface area contributed by atoms with Crippen molar-refractivity contribution in [3.8, 4) is 0 Å². The first-order chi connectivity index (χ1) is 7.83. The van der Waals surface area contributed by atoms with Crippen LogP contribution in [-0.4, -0.2) is 10.1 Å². The zero-order valence-corrected chi connectivity index (χ0v) is 9.56. The van der Waals surface area contributed by atoms with E-state index >= 15 is 0 Å². The Labute approximate surface area is 96.0 Å². The second-order valence-corrected chi connectivity index (χ2v) is 4.08. The Bertz CT molecular complexity index is 462. The Hall–Kier alpha value is -1.41. The lowest BCUT2D eigenvalue weighted by atomic mass is 9.99. The third kappa shape index (κ3) is 2.22. The van der Waals surface area contributed by atoms with Gasteiger partial charge >= 0.3 is 0 Å². The lowest BCUT2D eigenvalue weighted by molar-refractivity contribution is 0.166. The van der Waals surface area contributed by atoms with E-state index in [0.717, 1.165) is 35.7 Å². The molecule has 1 atom stereocenters. The highest BCUT2D eigenvalue weighted by molar-refractivity contribution is 5.82. The van der Waals surface area contributed by atoms with Crippen LogP contribution < -0.4 is 0 Å². The predicted octanol–water partition coefficient (Wildman–Crippen LogP) is 3.46. The van der Waals surface area contributed by atoms with Gasteiger partial charge in [-0.25, -0.2) is 0 Å². The molecule has 0 spiro atoms. The molecular formula is C14H17NO. The van der Waals surface area contributed by atoms with Crippen molar-refractivity contribution in [1.29, 1.82) is 0 Å². The monoisotopic (exact) mass is 215 g/mol. The number of hydrogen-bond acceptors (Lipinski definition) is 2. The fourth-order valence-corrected chi connectivity index (χ4v) is 1.97. The van der Waals surface area contributed by atoms with Crippen molar-refractivity contribution in [2.75, 3.05) is 0 Å². The third-order valence-electron chi connectivity index (χ3n) is 2.87. The van der Waals surface area contributed by atoms with Gasteiger partial charge in [0.05, 0.1) is 11.6 Å². The minimum Gasteiger partial charge on any atom is -0.388 e. The number of fused-ring (bicyclic) bond motifs is 1. The molecule has 2 heteroatoms. The molecule has 0 aliphatic carbocycles. The molecule has 0 saturated heterocycles. The molecule has 16 heavy (non-hydrogen) atoms. The molecule has 1 unspecified atom stereocenters. The molecule has 2 aromatic rings. The summed E-state index contributed by atoms with van der Waals surface area (Å²) < 4.78 is 0. The summed E-state index contributed by atoms with van der Waals surface area (Å²) in [5, 5.41) is 11.2. The highest BCUT2D eigenvalue weighted by Crippen LogP contribution is 2.26. The minimum atomic E-state index is -0.368. The average Bonchev–Trinajstić information content (AvgIpc) is 2.35. The van der Waals surface area contributed by atoms with Crippen molar-refractivity contribution in [3.63, 3.8) is 0 Å². The van der Waals surface area contributed by atoms with Crippen LogP contribution in [0.5, 0.6) is 0 Å². The molecular weight excluding hydrogens is 198 g/mol. The van der Waals surface area contributed by atoms with E-state index in [1.165, 1.54) is 0 Å². The van der Waals surface area contributed by atoms with Crippen LogP contribution in [0.4, 0.5) is 0 Å². The van der Waals surface area contributed by atoms with E-state index < -0.39 is 0 Å². The normalized spacial score (nSPS) is 12.9. The summed E-state index contributed by atoms with van der Waals surface area (Å²) in [4.78, 5) is 4.29. The van der Waals surface area contributed by atoms with Crippen molar-refractivity contribution < 1.29 is 5.11 Å². The Morgan fingerprint density at radius 3 is 2.94 bits per heavy atom. The number of pyridine rings is 1. The quantitative estimate of drug-likeness (QED) is 0.847. The molecule has 2 rings (SSSR count). The van der Waals surface area contributed by atoms with Crippen LogP contribution in [-0.2, 0) is 0 Å². The summed E-state index contributed by atoms with van der Waals surface area (Å²) in [5.74, 6) is 0. The van der Waals surface area contributed by atoms with E-state index in [-0.39, 0.29) is 6.10 Å². The smallest absolute Gasteiger partial charge is 0.0796 e. The Morgan fingerprint density at radius 1 is 1.25 bits per heavy atom. The molecule has 2 nitrogen and oxygen atoms in total. The number of rotatable bonds is 4. The molecule has 0 saturated carbocycles. The van der Waals surface area contributed by atoms with E-state index in [1.807, 2.05) is 30.3 Å². The molecule has 0 bridgehead atoms. The first-order valence-corrected chi connectivity index (χ1v) is 5.84. The van der Waals surface area contributed by atoms with Crippen LogP contribution in [0.3, 0.4) is 0 Å².